The van der Waals surface area contributed by atoms with Crippen LogP contribution in [0, 0.1) is 5.82 Å². The lowest BCUT2D eigenvalue weighted by Gasteiger charge is -2.19. The van der Waals surface area contributed by atoms with Crippen molar-refractivity contribution < 1.29 is 9.50 Å². The minimum Gasteiger partial charge on any atom is -0.395 e. The fourth-order valence-electron chi connectivity index (χ4n) is 2.32. The predicted octanol–water partition coefficient (Wildman–Crippen LogP) is 1.12. The van der Waals surface area contributed by atoms with E-state index in [1.54, 1.807) is 6.07 Å². The molecule has 1 heterocycles. The van der Waals surface area contributed by atoms with Crippen LogP contribution in [0.15, 0.2) is 18.2 Å². The maximum absolute atomic E-state index is 13.3. The van der Waals surface area contributed by atoms with Gasteiger partial charge in [-0.3, -0.25) is 4.90 Å². The van der Waals surface area contributed by atoms with Crippen LogP contribution in [0.1, 0.15) is 18.8 Å². The maximum atomic E-state index is 13.3. The lowest BCUT2D eigenvalue weighted by Crippen LogP contribution is -2.25. The van der Waals surface area contributed by atoms with Crippen LogP contribution in [0.25, 0.3) is 11.0 Å². The Hall–Kier alpha value is -1.50. The van der Waals surface area contributed by atoms with E-state index in [1.165, 1.54) is 12.1 Å². The first kappa shape index (κ1) is 14.9. The first-order valence-electron chi connectivity index (χ1n) is 6.72. The van der Waals surface area contributed by atoms with Gasteiger partial charge in [-0.1, -0.05) is 0 Å². The van der Waals surface area contributed by atoms with Crippen LogP contribution in [0.2, 0.25) is 0 Å². The second kappa shape index (κ2) is 6.30. The van der Waals surface area contributed by atoms with Crippen LogP contribution in [0.5, 0.6) is 0 Å². The van der Waals surface area contributed by atoms with E-state index >= 15 is 0 Å². The van der Waals surface area contributed by atoms with Gasteiger partial charge in [0.25, 0.3) is 0 Å². The molecule has 0 aliphatic rings. The number of likely N-dealkylation sites (N-methyl/N-ethyl adjacent to an activating group) is 1. The van der Waals surface area contributed by atoms with Gasteiger partial charge in [0.1, 0.15) is 11.6 Å². The van der Waals surface area contributed by atoms with Crippen LogP contribution in [0.4, 0.5) is 4.39 Å². The van der Waals surface area contributed by atoms with Crippen molar-refractivity contribution in [3.05, 3.63) is 29.8 Å². The number of nitrogens with zero attached hydrogens (tertiary/aromatic N) is 3. The van der Waals surface area contributed by atoms with Crippen molar-refractivity contribution in [1.82, 2.24) is 14.5 Å². The summed E-state index contributed by atoms with van der Waals surface area (Å²) in [6.07, 6.45) is 0. The van der Waals surface area contributed by atoms with Gasteiger partial charge in [-0.25, -0.2) is 9.37 Å². The molecule has 0 radical (unpaired) electrons. The Morgan fingerprint density at radius 2 is 2.25 bits per heavy atom. The molecule has 1 atom stereocenters. The first-order chi connectivity index (χ1) is 9.56. The summed E-state index contributed by atoms with van der Waals surface area (Å²) in [6, 6.07) is 4.69. The van der Waals surface area contributed by atoms with E-state index in [0.717, 1.165) is 11.3 Å². The highest BCUT2D eigenvalue weighted by atomic mass is 19.1. The highest BCUT2D eigenvalue weighted by molar-refractivity contribution is 5.76. The number of hydrogen-bond donors (Lipinski definition) is 2. The minimum absolute atomic E-state index is 0.0861. The Balaban J connectivity index is 2.45. The van der Waals surface area contributed by atoms with Gasteiger partial charge in [0.2, 0.25) is 0 Å². The van der Waals surface area contributed by atoms with Crippen LogP contribution in [-0.2, 0) is 6.54 Å². The average molecular weight is 280 g/mol. The summed E-state index contributed by atoms with van der Waals surface area (Å²) in [7, 11) is 1.91. The molecular formula is C14H21FN4O. The van der Waals surface area contributed by atoms with Gasteiger partial charge in [0.05, 0.1) is 24.2 Å². The lowest BCUT2D eigenvalue weighted by molar-refractivity contribution is 0.212. The molecule has 6 heteroatoms. The monoisotopic (exact) mass is 280 g/mol. The first-order valence-corrected chi connectivity index (χ1v) is 6.72. The van der Waals surface area contributed by atoms with Crippen molar-refractivity contribution in [2.24, 2.45) is 5.73 Å². The third-order valence-corrected chi connectivity index (χ3v) is 3.40. The van der Waals surface area contributed by atoms with Crippen molar-refractivity contribution in [1.29, 1.82) is 0 Å². The normalized spacial score (nSPS) is 13.3. The number of nitrogens with two attached hydrogens (primary N) is 1. The number of halogens is 1. The van der Waals surface area contributed by atoms with E-state index < -0.39 is 0 Å². The van der Waals surface area contributed by atoms with Gasteiger partial charge >= 0.3 is 0 Å². The molecule has 2 rings (SSSR count). The zero-order valence-electron chi connectivity index (χ0n) is 11.9. The molecule has 110 valence electrons. The molecule has 0 aliphatic carbocycles. The van der Waals surface area contributed by atoms with Gasteiger partial charge in [-0.2, -0.15) is 0 Å². The van der Waals surface area contributed by atoms with Crippen molar-refractivity contribution >= 4 is 11.0 Å². The molecule has 5 nitrogen and oxygen atoms in total. The van der Waals surface area contributed by atoms with Crippen LogP contribution in [0.3, 0.4) is 0 Å². The smallest absolute Gasteiger partial charge is 0.125 e. The molecule has 0 spiro atoms. The number of aromatic nitrogens is 2. The van der Waals surface area contributed by atoms with E-state index in [1.807, 2.05) is 23.4 Å². The maximum Gasteiger partial charge on any atom is 0.125 e. The highest BCUT2D eigenvalue weighted by Gasteiger charge is 2.16. The Morgan fingerprint density at radius 3 is 2.90 bits per heavy atom. The Kier molecular flexibility index (Phi) is 4.69. The Labute approximate surface area is 117 Å². The lowest BCUT2D eigenvalue weighted by atomic mass is 10.2. The summed E-state index contributed by atoms with van der Waals surface area (Å²) in [4.78, 5) is 6.48. The van der Waals surface area contributed by atoms with E-state index in [9.17, 15) is 4.39 Å². The average Bonchev–Trinajstić information content (AvgIpc) is 2.74. The number of imidazole rings is 1. The van der Waals surface area contributed by atoms with Gasteiger partial charge in [-0.15, -0.1) is 0 Å². The summed E-state index contributed by atoms with van der Waals surface area (Å²) in [5.74, 6) is 0.539. The fourth-order valence-corrected chi connectivity index (χ4v) is 2.32. The van der Waals surface area contributed by atoms with Crippen molar-refractivity contribution in [2.75, 3.05) is 26.7 Å². The van der Waals surface area contributed by atoms with Crippen molar-refractivity contribution in [3.8, 4) is 0 Å². The SMILES string of the molecule is CC(CN)n1c(CN(C)CCO)nc2cc(F)ccc21. The number of hydrogen-bond acceptors (Lipinski definition) is 4. The van der Waals surface area contributed by atoms with Crippen LogP contribution < -0.4 is 5.73 Å². The molecule has 1 aromatic heterocycles. The molecule has 0 amide bonds. The third-order valence-electron chi connectivity index (χ3n) is 3.40. The van der Waals surface area contributed by atoms with E-state index in [4.69, 9.17) is 10.8 Å². The zero-order valence-corrected chi connectivity index (χ0v) is 11.9. The summed E-state index contributed by atoms with van der Waals surface area (Å²) >= 11 is 0. The largest absolute Gasteiger partial charge is 0.395 e. The van der Waals surface area contributed by atoms with Gasteiger partial charge in [0, 0.05) is 25.2 Å². The molecule has 0 bridgehead atoms. The minimum atomic E-state index is -0.294. The van der Waals surface area contributed by atoms with Crippen LogP contribution >= 0.6 is 0 Å². The van der Waals surface area contributed by atoms with Gasteiger partial charge < -0.3 is 15.4 Å². The van der Waals surface area contributed by atoms with E-state index in [0.29, 0.717) is 25.2 Å². The van der Waals surface area contributed by atoms with Crippen LogP contribution in [-0.4, -0.2) is 46.3 Å². The number of rotatable bonds is 6. The zero-order chi connectivity index (χ0) is 14.7. The Morgan fingerprint density at radius 1 is 1.50 bits per heavy atom. The number of aliphatic hydroxyl groups excluding tert-OH is 1. The quantitative estimate of drug-likeness (QED) is 0.832. The van der Waals surface area contributed by atoms with E-state index in [-0.39, 0.29) is 18.5 Å². The molecule has 0 saturated carbocycles. The molecule has 2 aromatic rings. The van der Waals surface area contributed by atoms with Crippen molar-refractivity contribution in [2.45, 2.75) is 19.5 Å². The molecule has 0 saturated heterocycles. The second-order valence-electron chi connectivity index (χ2n) is 5.08. The number of benzene rings is 1. The molecule has 1 aromatic carbocycles. The summed E-state index contributed by atoms with van der Waals surface area (Å²) < 4.78 is 15.4. The number of aliphatic hydroxyl groups is 1. The molecule has 1 unspecified atom stereocenters. The van der Waals surface area contributed by atoms with E-state index in [2.05, 4.69) is 4.98 Å². The molecule has 3 N–H and O–H groups in total. The topological polar surface area (TPSA) is 67.3 Å². The predicted molar refractivity (Wildman–Crippen MR) is 76.9 cm³/mol. The standard InChI is InChI=1S/C14H21FN4O/c1-10(8-16)19-13-4-3-11(15)7-12(13)17-14(19)9-18(2)5-6-20/h3-4,7,10,20H,5-6,8-9,16H2,1-2H3. The molecule has 0 fully saturated rings. The number of fused-ring (bicyclic) bond motifs is 1. The molecule has 0 aliphatic heterocycles. The summed E-state index contributed by atoms with van der Waals surface area (Å²) in [5, 5.41) is 8.98. The molecule has 20 heavy (non-hydrogen) atoms. The van der Waals surface area contributed by atoms with Gasteiger partial charge in [0.15, 0.2) is 0 Å². The van der Waals surface area contributed by atoms with Crippen molar-refractivity contribution in [3.63, 3.8) is 0 Å². The summed E-state index contributed by atoms with van der Waals surface area (Å²) in [6.45, 7) is 3.74. The summed E-state index contributed by atoms with van der Waals surface area (Å²) in [5.41, 5.74) is 7.29. The molecular weight excluding hydrogens is 259 g/mol. The van der Waals surface area contributed by atoms with Gasteiger partial charge in [-0.05, 0) is 26.1 Å². The third kappa shape index (κ3) is 2.98. The fraction of sp³-hybridized carbons (Fsp3) is 0.500. The second-order valence-corrected chi connectivity index (χ2v) is 5.08. The Bertz CT molecular complexity index is 584. The highest BCUT2D eigenvalue weighted by Crippen LogP contribution is 2.22.